The van der Waals surface area contributed by atoms with E-state index in [9.17, 15) is 9.59 Å². The Morgan fingerprint density at radius 2 is 2.12 bits per heavy atom. The van der Waals surface area contributed by atoms with Gasteiger partial charge in [0.15, 0.2) is 6.61 Å². The van der Waals surface area contributed by atoms with Crippen molar-refractivity contribution in [3.05, 3.63) is 62.5 Å². The molecule has 1 aromatic carbocycles. The molecular formula is C17H13BrN2O4S. The molecule has 0 amide bonds. The minimum absolute atomic E-state index is 0.205. The second-order valence-electron chi connectivity index (χ2n) is 5.16. The summed E-state index contributed by atoms with van der Waals surface area (Å²) in [6, 6.07) is 8.39. The number of ketones is 1. The third-order valence-electron chi connectivity index (χ3n) is 3.44. The van der Waals surface area contributed by atoms with Gasteiger partial charge in [-0.15, -0.1) is 11.3 Å². The smallest absolute Gasteiger partial charge is 0.341 e. The van der Waals surface area contributed by atoms with Gasteiger partial charge in [-0.25, -0.2) is 9.48 Å². The summed E-state index contributed by atoms with van der Waals surface area (Å²) in [7, 11) is 0. The number of nitrogens with zero attached hydrogens (tertiary/aromatic N) is 2. The van der Waals surface area contributed by atoms with Crippen LogP contribution in [0.4, 0.5) is 0 Å². The van der Waals surface area contributed by atoms with Crippen molar-refractivity contribution in [2.24, 2.45) is 0 Å². The molecule has 1 N–H and O–H groups in total. The molecular weight excluding hydrogens is 408 g/mol. The van der Waals surface area contributed by atoms with Gasteiger partial charge in [0.25, 0.3) is 0 Å². The Morgan fingerprint density at radius 3 is 2.80 bits per heavy atom. The Hall–Kier alpha value is -2.45. The van der Waals surface area contributed by atoms with Crippen LogP contribution >= 0.6 is 27.3 Å². The van der Waals surface area contributed by atoms with Crippen LogP contribution in [0, 0.1) is 6.92 Å². The fourth-order valence-electron chi connectivity index (χ4n) is 2.28. The average molecular weight is 421 g/mol. The van der Waals surface area contributed by atoms with Crippen LogP contribution in [0.15, 0.2) is 46.4 Å². The van der Waals surface area contributed by atoms with Crippen molar-refractivity contribution < 1.29 is 19.4 Å². The summed E-state index contributed by atoms with van der Waals surface area (Å²) in [5, 5.41) is 15.1. The Balaban J connectivity index is 1.93. The number of carboxylic acid groups (broad SMARTS) is 1. The standard InChI is InChI=1S/C17H13BrN2O4S/c1-10-14(5-7-25-10)20-6-4-13(19-20)17(23)12-8-11(18)2-3-15(12)24-9-16(21)22/h2-8H,9H2,1H3,(H,21,22). The van der Waals surface area contributed by atoms with Gasteiger partial charge < -0.3 is 9.84 Å². The number of carbonyl (C=O) groups excluding carboxylic acids is 1. The van der Waals surface area contributed by atoms with Gasteiger partial charge in [-0.1, -0.05) is 15.9 Å². The lowest BCUT2D eigenvalue weighted by molar-refractivity contribution is -0.139. The third-order valence-corrected chi connectivity index (χ3v) is 4.77. The first-order valence-corrected chi connectivity index (χ1v) is 8.92. The van der Waals surface area contributed by atoms with Crippen molar-refractivity contribution in [2.45, 2.75) is 6.92 Å². The van der Waals surface area contributed by atoms with Gasteiger partial charge in [0.2, 0.25) is 5.78 Å². The van der Waals surface area contributed by atoms with E-state index in [1.165, 1.54) is 0 Å². The van der Waals surface area contributed by atoms with Gasteiger partial charge in [-0.05, 0) is 42.6 Å². The van der Waals surface area contributed by atoms with E-state index in [1.54, 1.807) is 46.5 Å². The summed E-state index contributed by atoms with van der Waals surface area (Å²) in [4.78, 5) is 24.6. The zero-order valence-electron chi connectivity index (χ0n) is 13.1. The molecule has 0 saturated carbocycles. The largest absolute Gasteiger partial charge is 0.481 e. The van der Waals surface area contributed by atoms with Crippen molar-refractivity contribution >= 4 is 39.0 Å². The monoisotopic (exact) mass is 420 g/mol. The molecule has 6 nitrogen and oxygen atoms in total. The van der Waals surface area contributed by atoms with E-state index in [-0.39, 0.29) is 22.8 Å². The van der Waals surface area contributed by atoms with Gasteiger partial charge in [0, 0.05) is 15.5 Å². The van der Waals surface area contributed by atoms with Crippen LogP contribution in [0.3, 0.4) is 0 Å². The predicted molar refractivity (Wildman–Crippen MR) is 96.9 cm³/mol. The number of thiophene rings is 1. The van der Waals surface area contributed by atoms with Crippen molar-refractivity contribution in [3.8, 4) is 11.4 Å². The highest BCUT2D eigenvalue weighted by Gasteiger charge is 2.19. The van der Waals surface area contributed by atoms with Gasteiger partial charge in [0.05, 0.1) is 11.3 Å². The molecule has 0 fully saturated rings. The van der Waals surface area contributed by atoms with E-state index in [0.717, 1.165) is 10.6 Å². The number of carboxylic acids is 1. The summed E-state index contributed by atoms with van der Waals surface area (Å²) in [5.74, 6) is -1.25. The average Bonchev–Trinajstić information content (AvgIpc) is 3.21. The quantitative estimate of drug-likeness (QED) is 0.614. The number of aromatic nitrogens is 2. The highest BCUT2D eigenvalue weighted by Crippen LogP contribution is 2.26. The summed E-state index contributed by atoms with van der Waals surface area (Å²) in [6.07, 6.45) is 1.72. The van der Waals surface area contributed by atoms with Crippen molar-refractivity contribution in [2.75, 3.05) is 6.61 Å². The molecule has 2 heterocycles. The van der Waals surface area contributed by atoms with Crippen LogP contribution in [-0.4, -0.2) is 33.2 Å². The normalized spacial score (nSPS) is 10.6. The molecule has 0 atom stereocenters. The summed E-state index contributed by atoms with van der Waals surface area (Å²) >= 11 is 4.91. The van der Waals surface area contributed by atoms with Gasteiger partial charge >= 0.3 is 5.97 Å². The highest BCUT2D eigenvalue weighted by molar-refractivity contribution is 9.10. The number of hydrogen-bond donors (Lipinski definition) is 1. The van der Waals surface area contributed by atoms with Crippen LogP contribution in [0.25, 0.3) is 5.69 Å². The maximum Gasteiger partial charge on any atom is 0.341 e. The molecule has 2 aromatic heterocycles. The summed E-state index contributed by atoms with van der Waals surface area (Å²) in [5.41, 5.74) is 1.42. The number of ether oxygens (including phenoxy) is 1. The molecule has 0 saturated heterocycles. The minimum atomic E-state index is -1.11. The van der Waals surface area contributed by atoms with Crippen LogP contribution < -0.4 is 4.74 Å². The molecule has 0 spiro atoms. The van der Waals surface area contributed by atoms with Crippen molar-refractivity contribution in [1.29, 1.82) is 0 Å². The fraction of sp³-hybridized carbons (Fsp3) is 0.118. The maximum absolute atomic E-state index is 12.8. The third kappa shape index (κ3) is 3.80. The number of rotatable bonds is 6. The number of benzene rings is 1. The van der Waals surface area contributed by atoms with E-state index in [0.29, 0.717) is 4.47 Å². The zero-order chi connectivity index (χ0) is 18.0. The minimum Gasteiger partial charge on any atom is -0.481 e. The lowest BCUT2D eigenvalue weighted by Gasteiger charge is -2.09. The van der Waals surface area contributed by atoms with Gasteiger partial charge in [-0.3, -0.25) is 4.79 Å². The van der Waals surface area contributed by atoms with Gasteiger partial charge in [-0.2, -0.15) is 5.10 Å². The van der Waals surface area contributed by atoms with Crippen molar-refractivity contribution in [1.82, 2.24) is 9.78 Å². The first-order chi connectivity index (χ1) is 12.0. The first kappa shape index (κ1) is 17.4. The molecule has 0 aliphatic rings. The van der Waals surface area contributed by atoms with E-state index < -0.39 is 12.6 Å². The highest BCUT2D eigenvalue weighted by atomic mass is 79.9. The first-order valence-electron chi connectivity index (χ1n) is 7.24. The van der Waals surface area contributed by atoms with Crippen LogP contribution in [0.5, 0.6) is 5.75 Å². The molecule has 0 unspecified atom stereocenters. The lowest BCUT2D eigenvalue weighted by Crippen LogP contribution is -2.13. The fourth-order valence-corrected chi connectivity index (χ4v) is 3.32. The molecule has 25 heavy (non-hydrogen) atoms. The molecule has 0 aliphatic heterocycles. The number of aryl methyl sites for hydroxylation is 1. The predicted octanol–water partition coefficient (Wildman–Crippen LogP) is 3.70. The molecule has 0 bridgehead atoms. The second kappa shape index (κ2) is 7.20. The Labute approximate surface area is 155 Å². The van der Waals surface area contributed by atoms with E-state index >= 15 is 0 Å². The Bertz CT molecular complexity index is 948. The number of halogens is 1. The summed E-state index contributed by atoms with van der Waals surface area (Å²) < 4.78 is 7.55. The van der Waals surface area contributed by atoms with E-state index in [4.69, 9.17) is 9.84 Å². The van der Waals surface area contributed by atoms with Gasteiger partial charge in [0.1, 0.15) is 11.4 Å². The zero-order valence-corrected chi connectivity index (χ0v) is 15.5. The molecule has 0 radical (unpaired) electrons. The molecule has 3 aromatic rings. The number of hydrogen-bond acceptors (Lipinski definition) is 5. The van der Waals surface area contributed by atoms with Crippen LogP contribution in [0.1, 0.15) is 20.9 Å². The molecule has 8 heteroatoms. The Morgan fingerprint density at radius 1 is 1.32 bits per heavy atom. The number of aliphatic carboxylic acids is 1. The Kier molecular flexibility index (Phi) is 5.00. The summed E-state index contributed by atoms with van der Waals surface area (Å²) in [6.45, 7) is 1.46. The molecule has 0 aliphatic carbocycles. The maximum atomic E-state index is 12.8. The SMILES string of the molecule is Cc1sccc1-n1ccc(C(=O)c2cc(Br)ccc2OCC(=O)O)n1. The molecule has 128 valence electrons. The second-order valence-corrected chi connectivity index (χ2v) is 7.20. The lowest BCUT2D eigenvalue weighted by atomic mass is 10.1. The van der Waals surface area contributed by atoms with E-state index in [1.807, 2.05) is 18.4 Å². The topological polar surface area (TPSA) is 81.4 Å². The van der Waals surface area contributed by atoms with Crippen LogP contribution in [-0.2, 0) is 4.79 Å². The van der Waals surface area contributed by atoms with E-state index in [2.05, 4.69) is 21.0 Å². The molecule has 3 rings (SSSR count). The number of carbonyl (C=O) groups is 2. The van der Waals surface area contributed by atoms with Crippen molar-refractivity contribution in [3.63, 3.8) is 0 Å². The van der Waals surface area contributed by atoms with Crippen LogP contribution in [0.2, 0.25) is 0 Å².